The predicted octanol–water partition coefficient (Wildman–Crippen LogP) is 11.4. The summed E-state index contributed by atoms with van der Waals surface area (Å²) in [5.41, 5.74) is 20.6. The van der Waals surface area contributed by atoms with Gasteiger partial charge in [-0.3, -0.25) is 9.97 Å². The minimum atomic E-state index is -2.67. The molecule has 68 heavy (non-hydrogen) atoms. The molecule has 0 saturated heterocycles. The Morgan fingerprint density at radius 3 is 1.29 bits per heavy atom. The first-order valence-corrected chi connectivity index (χ1v) is 26.0. The molecule has 5 nitrogen and oxygen atoms in total. The van der Waals surface area contributed by atoms with Gasteiger partial charge < -0.3 is 14.7 Å². The van der Waals surface area contributed by atoms with Crippen LogP contribution in [0, 0.1) is 13.8 Å². The fourth-order valence-corrected chi connectivity index (χ4v) is 15.8. The Bertz CT molecular complexity index is 3390. The number of pyridine rings is 2. The van der Waals surface area contributed by atoms with Crippen LogP contribution in [0.1, 0.15) is 11.1 Å². The van der Waals surface area contributed by atoms with E-state index in [0.29, 0.717) is 0 Å². The molecular formula is C61H46BN5Si. The number of anilines is 9. The van der Waals surface area contributed by atoms with E-state index in [9.17, 15) is 0 Å². The molecule has 0 fully saturated rings. The fraction of sp³-hybridized carbons (Fsp3) is 0.0492. The van der Waals surface area contributed by atoms with Crippen molar-refractivity contribution in [2.24, 2.45) is 0 Å². The maximum Gasteiger partial charge on any atom is 0.251 e. The van der Waals surface area contributed by atoms with Crippen LogP contribution in [-0.4, -0.2) is 24.8 Å². The zero-order valence-electron chi connectivity index (χ0n) is 38.2. The molecule has 0 N–H and O–H groups in total. The summed E-state index contributed by atoms with van der Waals surface area (Å²) in [6, 6.07) is 78.4. The molecule has 0 radical (unpaired) electrons. The largest absolute Gasteiger partial charge is 0.311 e. The molecule has 10 aromatic rings. The Kier molecular flexibility index (Phi) is 9.24. The van der Waals surface area contributed by atoms with Crippen LogP contribution in [0.2, 0.25) is 6.55 Å². The molecule has 3 aliphatic rings. The van der Waals surface area contributed by atoms with Crippen LogP contribution in [0.4, 0.5) is 51.2 Å². The van der Waals surface area contributed by atoms with Gasteiger partial charge in [0.25, 0.3) is 6.71 Å². The van der Waals surface area contributed by atoms with Gasteiger partial charge >= 0.3 is 0 Å². The molecule has 5 heterocycles. The lowest BCUT2D eigenvalue weighted by atomic mass is 9.33. The summed E-state index contributed by atoms with van der Waals surface area (Å²) >= 11 is 0. The van der Waals surface area contributed by atoms with Crippen molar-refractivity contribution < 1.29 is 0 Å². The Labute approximate surface area is 399 Å². The Hall–Kier alpha value is -8.26. The van der Waals surface area contributed by atoms with E-state index in [1.807, 2.05) is 12.4 Å². The minimum Gasteiger partial charge on any atom is -0.311 e. The molecule has 0 atom stereocenters. The molecule has 2 aromatic heterocycles. The van der Waals surface area contributed by atoms with Crippen molar-refractivity contribution in [3.8, 4) is 22.5 Å². The van der Waals surface area contributed by atoms with Crippen LogP contribution in [0.3, 0.4) is 0 Å². The number of para-hydroxylation sites is 4. The first-order chi connectivity index (χ1) is 33.5. The van der Waals surface area contributed by atoms with Crippen LogP contribution in [-0.2, 0) is 0 Å². The van der Waals surface area contributed by atoms with Crippen LogP contribution < -0.4 is 46.6 Å². The average molecular weight is 888 g/mol. The third-order valence-corrected chi connectivity index (χ3v) is 19.0. The normalized spacial score (nSPS) is 13.5. The average Bonchev–Trinajstić information content (AvgIpc) is 3.39. The van der Waals surface area contributed by atoms with Gasteiger partial charge in [-0.05, 0) is 131 Å². The molecule has 7 heteroatoms. The van der Waals surface area contributed by atoms with E-state index in [1.54, 1.807) is 0 Å². The quantitative estimate of drug-likeness (QED) is 0.142. The van der Waals surface area contributed by atoms with Crippen LogP contribution in [0.25, 0.3) is 22.5 Å². The second-order valence-corrected chi connectivity index (χ2v) is 22.4. The number of benzene rings is 8. The maximum absolute atomic E-state index is 5.04. The molecular weight excluding hydrogens is 842 g/mol. The highest BCUT2D eigenvalue weighted by molar-refractivity contribution is 7.21. The molecule has 0 spiro atoms. The molecule has 8 aromatic carbocycles. The molecule has 0 saturated carbocycles. The van der Waals surface area contributed by atoms with Crippen molar-refractivity contribution >= 4 is 97.9 Å². The number of nitrogens with zero attached hydrogens (tertiary/aromatic N) is 5. The second-order valence-electron chi connectivity index (χ2n) is 18.4. The van der Waals surface area contributed by atoms with Gasteiger partial charge in [0.1, 0.15) is 8.07 Å². The lowest BCUT2D eigenvalue weighted by molar-refractivity contribution is 1.22. The highest BCUT2D eigenvalue weighted by atomic mass is 28.3. The van der Waals surface area contributed by atoms with E-state index >= 15 is 0 Å². The SMILES string of the molecule is Cc1ccnc(-c2ccccc2N2c3cc(N(c4ccccc4)c4ccccc4)cc4c3B3c5c2cccc5[Si](C)(c2ccccc2)c2cccc(c23)N4c2ccccc2-c2cc(C)ccn2)c1. The summed E-state index contributed by atoms with van der Waals surface area (Å²) in [5.74, 6) is 0. The first kappa shape index (κ1) is 40.1. The topological polar surface area (TPSA) is 35.5 Å². The second kappa shape index (κ2) is 15.7. The summed E-state index contributed by atoms with van der Waals surface area (Å²) in [7, 11) is -2.67. The Morgan fingerprint density at radius 1 is 0.397 bits per heavy atom. The molecule has 3 aliphatic heterocycles. The van der Waals surface area contributed by atoms with Crippen molar-refractivity contribution in [3.63, 3.8) is 0 Å². The summed E-state index contributed by atoms with van der Waals surface area (Å²) in [4.78, 5) is 17.6. The van der Waals surface area contributed by atoms with Crippen LogP contribution in [0.5, 0.6) is 0 Å². The highest BCUT2D eigenvalue weighted by Gasteiger charge is 2.54. The Balaban J connectivity index is 1.21. The van der Waals surface area contributed by atoms with Gasteiger partial charge in [0.15, 0.2) is 0 Å². The van der Waals surface area contributed by atoms with Crippen LogP contribution >= 0.6 is 0 Å². The van der Waals surface area contributed by atoms with Gasteiger partial charge in [-0.1, -0.05) is 144 Å². The summed E-state index contributed by atoms with van der Waals surface area (Å²) in [5, 5.41) is 4.32. The van der Waals surface area contributed by atoms with Crippen molar-refractivity contribution in [3.05, 3.63) is 236 Å². The number of hydrogen-bond donors (Lipinski definition) is 0. The van der Waals surface area contributed by atoms with E-state index in [1.165, 1.54) is 54.5 Å². The summed E-state index contributed by atoms with van der Waals surface area (Å²) < 4.78 is 0. The van der Waals surface area contributed by atoms with Crippen molar-refractivity contribution in [2.75, 3.05) is 14.7 Å². The molecule has 0 amide bonds. The zero-order valence-corrected chi connectivity index (χ0v) is 39.2. The van der Waals surface area contributed by atoms with E-state index in [-0.39, 0.29) is 6.71 Å². The maximum atomic E-state index is 5.04. The first-order valence-electron chi connectivity index (χ1n) is 23.5. The zero-order chi connectivity index (χ0) is 45.5. The molecule has 0 aliphatic carbocycles. The van der Waals surface area contributed by atoms with Crippen molar-refractivity contribution in [1.82, 2.24) is 9.97 Å². The number of aromatic nitrogens is 2. The van der Waals surface area contributed by atoms with Gasteiger partial charge in [0.05, 0.1) is 28.5 Å². The summed E-state index contributed by atoms with van der Waals surface area (Å²) in [6.07, 6.45) is 3.87. The lowest BCUT2D eigenvalue weighted by Crippen LogP contribution is -2.83. The Morgan fingerprint density at radius 2 is 0.824 bits per heavy atom. The van der Waals surface area contributed by atoms with E-state index in [4.69, 9.17) is 9.97 Å². The van der Waals surface area contributed by atoms with Crippen molar-refractivity contribution in [2.45, 2.75) is 20.4 Å². The lowest BCUT2D eigenvalue weighted by Gasteiger charge is -2.51. The number of rotatable bonds is 8. The van der Waals surface area contributed by atoms with E-state index in [0.717, 1.165) is 62.3 Å². The predicted molar refractivity (Wildman–Crippen MR) is 288 cm³/mol. The standard InChI is InChI=1S/C61H46BN5Si/c1-41-33-35-63-49(37-41)47-25-13-15-27-51(47)66-53-29-17-31-57-60(53)62-59-55(66)39-45(65(43-19-7-4-8-20-43)44-21-9-5-10-22-44)40-56(59)67(52-28-16-14-26-48(52)50-38-42(2)34-36-64-50)54-30-18-32-58(61(54)62)68(57,3)46-23-11-6-12-24-46/h4-40H,1-3H3. The molecule has 322 valence electrons. The van der Waals surface area contributed by atoms with Gasteiger partial charge in [0.2, 0.25) is 0 Å². The van der Waals surface area contributed by atoms with Gasteiger partial charge in [-0.15, -0.1) is 0 Å². The van der Waals surface area contributed by atoms with Gasteiger partial charge in [-0.25, -0.2) is 0 Å². The molecule has 0 unspecified atom stereocenters. The molecule has 0 bridgehead atoms. The molecule has 13 rings (SSSR count). The fourth-order valence-electron chi connectivity index (χ4n) is 11.6. The third kappa shape index (κ3) is 6.02. The van der Waals surface area contributed by atoms with E-state index in [2.05, 4.69) is 247 Å². The monoisotopic (exact) mass is 887 g/mol. The van der Waals surface area contributed by atoms with Crippen molar-refractivity contribution in [1.29, 1.82) is 0 Å². The van der Waals surface area contributed by atoms with Gasteiger partial charge in [-0.2, -0.15) is 0 Å². The van der Waals surface area contributed by atoms with Gasteiger partial charge in [0, 0.05) is 57.6 Å². The smallest absolute Gasteiger partial charge is 0.251 e. The van der Waals surface area contributed by atoms with Crippen LogP contribution in [0.15, 0.2) is 225 Å². The number of hydrogen-bond acceptors (Lipinski definition) is 5. The minimum absolute atomic E-state index is 0.0290. The third-order valence-electron chi connectivity index (χ3n) is 14.5. The summed E-state index contributed by atoms with van der Waals surface area (Å²) in [6.45, 7) is 6.85. The number of aryl methyl sites for hydroxylation is 2. The highest BCUT2D eigenvalue weighted by Crippen LogP contribution is 2.51. The van der Waals surface area contributed by atoms with E-state index < -0.39 is 8.07 Å².